The van der Waals surface area contributed by atoms with Crippen LogP contribution >= 0.6 is 11.6 Å². The van der Waals surface area contributed by atoms with E-state index >= 15 is 0 Å². The van der Waals surface area contributed by atoms with Crippen LogP contribution in [0.5, 0.6) is 5.75 Å². The minimum Gasteiger partial charge on any atom is -0.494 e. The molecule has 0 radical (unpaired) electrons. The standard InChI is InChI=1S/C21H23ClN2O2/c1-14(2)24-20-13-16(4)15(3)12-19(20)23(21(24)25)10-5-11-26-18-8-6-17(22)7-9-18/h6-9,12-13H,1,5,10-11H2,2-4H3. The van der Waals surface area contributed by atoms with Gasteiger partial charge in [-0.15, -0.1) is 0 Å². The van der Waals surface area contributed by atoms with Gasteiger partial charge in [0.15, 0.2) is 0 Å². The highest BCUT2D eigenvalue weighted by molar-refractivity contribution is 6.30. The molecule has 0 unspecified atom stereocenters. The number of allylic oxidation sites excluding steroid dienone is 1. The van der Waals surface area contributed by atoms with E-state index in [-0.39, 0.29) is 5.69 Å². The number of rotatable bonds is 6. The number of hydrogen-bond acceptors (Lipinski definition) is 2. The Hall–Kier alpha value is -2.46. The van der Waals surface area contributed by atoms with Gasteiger partial charge in [-0.05, 0) is 74.7 Å². The van der Waals surface area contributed by atoms with Gasteiger partial charge in [-0.3, -0.25) is 9.13 Å². The fraction of sp³-hybridized carbons (Fsp3) is 0.286. The minimum atomic E-state index is -0.0519. The summed E-state index contributed by atoms with van der Waals surface area (Å²) in [5.74, 6) is 0.776. The molecule has 5 heteroatoms. The zero-order valence-electron chi connectivity index (χ0n) is 15.4. The number of nitrogens with zero attached hydrogens (tertiary/aromatic N) is 2. The normalized spacial score (nSPS) is 11.1. The Morgan fingerprint density at radius 3 is 2.35 bits per heavy atom. The van der Waals surface area contributed by atoms with E-state index in [9.17, 15) is 4.79 Å². The number of aromatic nitrogens is 2. The van der Waals surface area contributed by atoms with Gasteiger partial charge in [0.05, 0.1) is 17.6 Å². The van der Waals surface area contributed by atoms with Crippen LogP contribution < -0.4 is 10.4 Å². The first kappa shape index (κ1) is 18.3. The molecule has 0 amide bonds. The molecule has 26 heavy (non-hydrogen) atoms. The third-order valence-electron chi connectivity index (χ3n) is 4.53. The topological polar surface area (TPSA) is 36.2 Å². The number of halogens is 1. The average Bonchev–Trinajstić information content (AvgIpc) is 2.85. The van der Waals surface area contributed by atoms with Crippen molar-refractivity contribution in [3.63, 3.8) is 0 Å². The molecule has 3 rings (SSSR count). The predicted molar refractivity (Wildman–Crippen MR) is 108 cm³/mol. The second kappa shape index (κ2) is 7.42. The smallest absolute Gasteiger partial charge is 0.333 e. The summed E-state index contributed by atoms with van der Waals surface area (Å²) in [6.45, 7) is 11.0. The molecule has 1 aromatic heterocycles. The molecule has 2 aromatic carbocycles. The first-order chi connectivity index (χ1) is 12.4. The Morgan fingerprint density at radius 2 is 1.73 bits per heavy atom. The zero-order chi connectivity index (χ0) is 18.8. The van der Waals surface area contributed by atoms with Gasteiger partial charge in [-0.1, -0.05) is 18.2 Å². The van der Waals surface area contributed by atoms with E-state index < -0.39 is 0 Å². The zero-order valence-corrected chi connectivity index (χ0v) is 16.1. The van der Waals surface area contributed by atoms with E-state index in [0.717, 1.165) is 34.5 Å². The van der Waals surface area contributed by atoms with Crippen LogP contribution in [0.25, 0.3) is 16.7 Å². The molecule has 0 saturated carbocycles. The number of benzene rings is 2. The van der Waals surface area contributed by atoms with Crippen molar-refractivity contribution in [3.8, 4) is 5.75 Å². The fourth-order valence-corrected chi connectivity index (χ4v) is 3.16. The summed E-state index contributed by atoms with van der Waals surface area (Å²) >= 11 is 5.87. The van der Waals surface area contributed by atoms with E-state index in [0.29, 0.717) is 18.2 Å². The maximum Gasteiger partial charge on any atom is 0.333 e. The highest BCUT2D eigenvalue weighted by Crippen LogP contribution is 2.21. The summed E-state index contributed by atoms with van der Waals surface area (Å²) in [5.41, 5.74) is 4.85. The number of fused-ring (bicyclic) bond motifs is 1. The molecular weight excluding hydrogens is 348 g/mol. The van der Waals surface area contributed by atoms with Gasteiger partial charge in [0.25, 0.3) is 0 Å². The van der Waals surface area contributed by atoms with E-state index in [2.05, 4.69) is 32.6 Å². The van der Waals surface area contributed by atoms with Crippen LogP contribution in [0.2, 0.25) is 5.02 Å². The largest absolute Gasteiger partial charge is 0.494 e. The molecule has 0 aliphatic rings. The van der Waals surface area contributed by atoms with E-state index in [1.54, 1.807) is 16.7 Å². The SMILES string of the molecule is C=C(C)n1c(=O)n(CCCOc2ccc(Cl)cc2)c2cc(C)c(C)cc21. The first-order valence-electron chi connectivity index (χ1n) is 8.65. The van der Waals surface area contributed by atoms with Gasteiger partial charge >= 0.3 is 5.69 Å². The van der Waals surface area contributed by atoms with Crippen molar-refractivity contribution < 1.29 is 4.74 Å². The summed E-state index contributed by atoms with van der Waals surface area (Å²) in [4.78, 5) is 12.9. The molecule has 0 saturated heterocycles. The molecule has 4 nitrogen and oxygen atoms in total. The van der Waals surface area contributed by atoms with Crippen LogP contribution in [0, 0.1) is 13.8 Å². The monoisotopic (exact) mass is 370 g/mol. The number of hydrogen-bond donors (Lipinski definition) is 0. The van der Waals surface area contributed by atoms with E-state index in [1.165, 1.54) is 5.56 Å². The lowest BCUT2D eigenvalue weighted by atomic mass is 10.1. The van der Waals surface area contributed by atoms with Gasteiger partial charge in [-0.2, -0.15) is 0 Å². The Morgan fingerprint density at radius 1 is 1.12 bits per heavy atom. The summed E-state index contributed by atoms with van der Waals surface area (Å²) in [6.07, 6.45) is 0.727. The van der Waals surface area contributed by atoms with Crippen molar-refractivity contribution in [3.05, 3.63) is 69.6 Å². The van der Waals surface area contributed by atoms with Crippen molar-refractivity contribution in [1.29, 1.82) is 0 Å². The maximum absolute atomic E-state index is 12.9. The highest BCUT2D eigenvalue weighted by Gasteiger charge is 2.14. The molecule has 136 valence electrons. The number of ether oxygens (including phenoxy) is 1. The van der Waals surface area contributed by atoms with Gasteiger partial charge in [-0.25, -0.2) is 4.79 Å². The summed E-state index contributed by atoms with van der Waals surface area (Å²) < 4.78 is 9.22. The highest BCUT2D eigenvalue weighted by atomic mass is 35.5. The van der Waals surface area contributed by atoms with E-state index in [1.807, 2.05) is 23.6 Å². The van der Waals surface area contributed by atoms with Crippen LogP contribution in [0.4, 0.5) is 0 Å². The first-order valence-corrected chi connectivity index (χ1v) is 9.03. The van der Waals surface area contributed by atoms with Gasteiger partial charge in [0, 0.05) is 17.3 Å². The van der Waals surface area contributed by atoms with Crippen molar-refractivity contribution in [2.45, 2.75) is 33.7 Å². The van der Waals surface area contributed by atoms with Gasteiger partial charge < -0.3 is 4.74 Å². The molecule has 0 N–H and O–H groups in total. The molecule has 0 atom stereocenters. The van der Waals surface area contributed by atoms with Crippen molar-refractivity contribution in [2.24, 2.45) is 0 Å². The summed E-state index contributed by atoms with van der Waals surface area (Å²) in [5, 5.41) is 0.683. The molecule has 0 fully saturated rings. The van der Waals surface area contributed by atoms with Gasteiger partial charge in [0.2, 0.25) is 0 Å². The Labute approximate surface area is 158 Å². The number of imidazole rings is 1. The van der Waals surface area contributed by atoms with Crippen LogP contribution in [-0.4, -0.2) is 15.7 Å². The van der Waals surface area contributed by atoms with Crippen LogP contribution in [-0.2, 0) is 6.54 Å². The van der Waals surface area contributed by atoms with Crippen molar-refractivity contribution in [2.75, 3.05) is 6.61 Å². The lowest BCUT2D eigenvalue weighted by Gasteiger charge is -2.07. The molecule has 0 spiro atoms. The van der Waals surface area contributed by atoms with Gasteiger partial charge in [0.1, 0.15) is 5.75 Å². The fourth-order valence-electron chi connectivity index (χ4n) is 3.04. The minimum absolute atomic E-state index is 0.0519. The third kappa shape index (κ3) is 3.56. The molecule has 3 aromatic rings. The quantitative estimate of drug-likeness (QED) is 0.570. The van der Waals surface area contributed by atoms with Crippen molar-refractivity contribution >= 4 is 28.3 Å². The molecule has 0 aliphatic heterocycles. The van der Waals surface area contributed by atoms with E-state index in [4.69, 9.17) is 16.3 Å². The second-order valence-electron chi connectivity index (χ2n) is 6.59. The molecule has 0 aliphatic carbocycles. The second-order valence-corrected chi connectivity index (χ2v) is 7.02. The van der Waals surface area contributed by atoms with Crippen molar-refractivity contribution in [1.82, 2.24) is 9.13 Å². The Bertz CT molecular complexity index is 1010. The summed E-state index contributed by atoms with van der Waals surface area (Å²) in [7, 11) is 0. The maximum atomic E-state index is 12.9. The predicted octanol–water partition coefficient (Wildman–Crippen LogP) is 5.03. The third-order valence-corrected chi connectivity index (χ3v) is 4.79. The Balaban J connectivity index is 1.82. The lowest BCUT2D eigenvalue weighted by Crippen LogP contribution is -2.23. The number of aryl methyl sites for hydroxylation is 3. The molecule has 1 heterocycles. The Kier molecular flexibility index (Phi) is 5.23. The summed E-state index contributed by atoms with van der Waals surface area (Å²) in [6, 6.07) is 11.4. The van der Waals surface area contributed by atoms with Crippen LogP contribution in [0.1, 0.15) is 24.5 Å². The average molecular weight is 371 g/mol. The lowest BCUT2D eigenvalue weighted by molar-refractivity contribution is 0.302. The molecular formula is C21H23ClN2O2. The van der Waals surface area contributed by atoms with Crippen LogP contribution in [0.3, 0.4) is 0 Å². The molecule has 0 bridgehead atoms. The van der Waals surface area contributed by atoms with Crippen LogP contribution in [0.15, 0.2) is 47.8 Å².